The fraction of sp³-hybridized carbons (Fsp3) is 0.364. The molecular weight excluding hydrogens is 190 g/mol. The molecule has 0 unspecified atom stereocenters. The van der Waals surface area contributed by atoms with Gasteiger partial charge in [-0.15, -0.1) is 0 Å². The summed E-state index contributed by atoms with van der Waals surface area (Å²) in [6, 6.07) is 4.03. The highest BCUT2D eigenvalue weighted by Gasteiger charge is 2.02. The van der Waals surface area contributed by atoms with Crippen molar-refractivity contribution in [1.29, 1.82) is 0 Å². The first-order valence-corrected chi connectivity index (χ1v) is 4.98. The molecule has 0 saturated carbocycles. The lowest BCUT2D eigenvalue weighted by atomic mass is 10.3. The molecular formula is C11H15N3O. The molecule has 1 N–H and O–H groups in total. The quantitative estimate of drug-likeness (QED) is 0.816. The molecule has 0 aromatic carbocycles. The normalized spacial score (nSPS) is 10.8. The van der Waals surface area contributed by atoms with Crippen LogP contribution in [-0.2, 0) is 6.54 Å². The smallest absolute Gasteiger partial charge is 0.213 e. The van der Waals surface area contributed by atoms with Crippen LogP contribution in [0, 0.1) is 0 Å². The lowest BCUT2D eigenvalue weighted by Gasteiger charge is -2.04. The highest BCUT2D eigenvalue weighted by Crippen LogP contribution is 2.18. The van der Waals surface area contributed by atoms with E-state index in [4.69, 9.17) is 4.74 Å². The average molecular weight is 205 g/mol. The minimum atomic E-state index is 0.661. The van der Waals surface area contributed by atoms with Gasteiger partial charge in [0.25, 0.3) is 0 Å². The molecule has 0 aliphatic rings. The number of methoxy groups -OCH3 is 1. The SMILES string of the molecule is CNCCn1ccc2cc(OC)ncc21. The van der Waals surface area contributed by atoms with Gasteiger partial charge in [0.15, 0.2) is 0 Å². The van der Waals surface area contributed by atoms with Crippen molar-refractivity contribution in [3.63, 3.8) is 0 Å². The van der Waals surface area contributed by atoms with E-state index in [0.717, 1.165) is 24.0 Å². The van der Waals surface area contributed by atoms with E-state index >= 15 is 0 Å². The maximum Gasteiger partial charge on any atom is 0.213 e. The van der Waals surface area contributed by atoms with Crippen LogP contribution in [-0.4, -0.2) is 30.3 Å². The van der Waals surface area contributed by atoms with E-state index < -0.39 is 0 Å². The number of nitrogens with one attached hydrogen (secondary N) is 1. The van der Waals surface area contributed by atoms with Crippen LogP contribution in [0.1, 0.15) is 0 Å². The Labute approximate surface area is 88.9 Å². The average Bonchev–Trinajstić information content (AvgIpc) is 2.68. The van der Waals surface area contributed by atoms with Gasteiger partial charge in [-0.3, -0.25) is 0 Å². The van der Waals surface area contributed by atoms with Gasteiger partial charge < -0.3 is 14.6 Å². The molecule has 0 aliphatic carbocycles. The predicted octanol–water partition coefficient (Wildman–Crippen LogP) is 1.26. The van der Waals surface area contributed by atoms with Gasteiger partial charge in [0.05, 0.1) is 18.8 Å². The van der Waals surface area contributed by atoms with Crippen LogP contribution in [0.5, 0.6) is 5.88 Å². The van der Waals surface area contributed by atoms with Gasteiger partial charge in [-0.2, -0.15) is 0 Å². The third kappa shape index (κ3) is 1.94. The Morgan fingerprint density at radius 2 is 2.40 bits per heavy atom. The molecule has 0 bridgehead atoms. The Morgan fingerprint density at radius 1 is 1.53 bits per heavy atom. The summed E-state index contributed by atoms with van der Waals surface area (Å²) in [5.41, 5.74) is 1.14. The molecule has 2 aromatic rings. The van der Waals surface area contributed by atoms with Crippen LogP contribution in [0.4, 0.5) is 0 Å². The van der Waals surface area contributed by atoms with Crippen LogP contribution in [0.3, 0.4) is 0 Å². The van der Waals surface area contributed by atoms with Crippen molar-refractivity contribution in [2.24, 2.45) is 0 Å². The fourth-order valence-corrected chi connectivity index (χ4v) is 1.61. The highest BCUT2D eigenvalue weighted by molar-refractivity contribution is 5.80. The van der Waals surface area contributed by atoms with E-state index in [2.05, 4.69) is 27.1 Å². The minimum Gasteiger partial charge on any atom is -0.481 e. The fourth-order valence-electron chi connectivity index (χ4n) is 1.61. The first kappa shape index (κ1) is 9.98. The molecule has 0 atom stereocenters. The van der Waals surface area contributed by atoms with Gasteiger partial charge in [-0.1, -0.05) is 0 Å². The summed E-state index contributed by atoms with van der Waals surface area (Å²) in [6.45, 7) is 1.91. The zero-order chi connectivity index (χ0) is 10.7. The van der Waals surface area contributed by atoms with Crippen molar-refractivity contribution in [2.75, 3.05) is 20.7 Å². The van der Waals surface area contributed by atoms with E-state index in [1.807, 2.05) is 19.3 Å². The molecule has 0 saturated heterocycles. The largest absolute Gasteiger partial charge is 0.481 e. The summed E-state index contributed by atoms with van der Waals surface area (Å²) in [5, 5.41) is 4.29. The second-order valence-electron chi connectivity index (χ2n) is 3.40. The second kappa shape index (κ2) is 4.31. The Kier molecular flexibility index (Phi) is 2.87. The molecule has 0 spiro atoms. The number of aromatic nitrogens is 2. The maximum absolute atomic E-state index is 5.08. The molecule has 2 aromatic heterocycles. The third-order valence-electron chi connectivity index (χ3n) is 2.44. The van der Waals surface area contributed by atoms with Gasteiger partial charge in [-0.05, 0) is 13.1 Å². The van der Waals surface area contributed by atoms with Gasteiger partial charge in [0, 0.05) is 30.7 Å². The molecule has 4 nitrogen and oxygen atoms in total. The Hall–Kier alpha value is -1.55. The Morgan fingerprint density at radius 3 is 3.13 bits per heavy atom. The number of nitrogens with zero attached hydrogens (tertiary/aromatic N) is 2. The van der Waals surface area contributed by atoms with Crippen molar-refractivity contribution in [3.05, 3.63) is 24.5 Å². The molecule has 2 rings (SSSR count). The monoisotopic (exact) mass is 205 g/mol. The molecule has 0 radical (unpaired) electrons. The highest BCUT2D eigenvalue weighted by atomic mass is 16.5. The van der Waals surface area contributed by atoms with Crippen LogP contribution in [0.2, 0.25) is 0 Å². The number of hydrogen-bond acceptors (Lipinski definition) is 3. The number of ether oxygens (including phenoxy) is 1. The van der Waals surface area contributed by atoms with Crippen molar-refractivity contribution in [3.8, 4) is 5.88 Å². The molecule has 0 fully saturated rings. The summed E-state index contributed by atoms with van der Waals surface area (Å²) in [7, 11) is 3.58. The number of pyridine rings is 1. The van der Waals surface area contributed by atoms with Crippen molar-refractivity contribution in [1.82, 2.24) is 14.9 Å². The zero-order valence-corrected chi connectivity index (χ0v) is 9.03. The molecule has 2 heterocycles. The lowest BCUT2D eigenvalue weighted by Crippen LogP contribution is -2.14. The van der Waals surface area contributed by atoms with Crippen molar-refractivity contribution < 1.29 is 4.74 Å². The zero-order valence-electron chi connectivity index (χ0n) is 9.03. The van der Waals surface area contributed by atoms with Crippen molar-refractivity contribution >= 4 is 10.9 Å². The van der Waals surface area contributed by atoms with Gasteiger partial charge in [0.2, 0.25) is 5.88 Å². The van der Waals surface area contributed by atoms with E-state index in [1.165, 1.54) is 0 Å². The first-order chi connectivity index (χ1) is 7.35. The molecule has 0 amide bonds. The number of likely N-dealkylation sites (N-methyl/N-ethyl adjacent to an activating group) is 1. The summed E-state index contributed by atoms with van der Waals surface area (Å²) in [4.78, 5) is 4.20. The molecule has 4 heteroatoms. The standard InChI is InChI=1S/C11H15N3O/c1-12-4-6-14-5-3-9-7-11(15-2)13-8-10(9)14/h3,5,7-8,12H,4,6H2,1-2H3. The lowest BCUT2D eigenvalue weighted by molar-refractivity contribution is 0.398. The summed E-state index contributed by atoms with van der Waals surface area (Å²) in [5.74, 6) is 0.661. The van der Waals surface area contributed by atoms with E-state index in [0.29, 0.717) is 5.88 Å². The number of hydrogen-bond donors (Lipinski definition) is 1. The van der Waals surface area contributed by atoms with E-state index in [1.54, 1.807) is 7.11 Å². The molecule has 80 valence electrons. The Bertz CT molecular complexity index is 450. The minimum absolute atomic E-state index is 0.661. The second-order valence-corrected chi connectivity index (χ2v) is 3.40. The van der Waals surface area contributed by atoms with Gasteiger partial charge >= 0.3 is 0 Å². The summed E-state index contributed by atoms with van der Waals surface area (Å²) >= 11 is 0. The molecule has 15 heavy (non-hydrogen) atoms. The topological polar surface area (TPSA) is 39.1 Å². The Balaban J connectivity index is 2.34. The van der Waals surface area contributed by atoms with E-state index in [9.17, 15) is 0 Å². The van der Waals surface area contributed by atoms with Crippen LogP contribution < -0.4 is 10.1 Å². The van der Waals surface area contributed by atoms with Crippen LogP contribution in [0.25, 0.3) is 10.9 Å². The van der Waals surface area contributed by atoms with Crippen LogP contribution >= 0.6 is 0 Å². The number of rotatable bonds is 4. The molecule has 0 aliphatic heterocycles. The number of fused-ring (bicyclic) bond motifs is 1. The first-order valence-electron chi connectivity index (χ1n) is 4.98. The maximum atomic E-state index is 5.08. The van der Waals surface area contributed by atoms with Crippen molar-refractivity contribution in [2.45, 2.75) is 6.54 Å². The van der Waals surface area contributed by atoms with E-state index in [-0.39, 0.29) is 0 Å². The van der Waals surface area contributed by atoms with Gasteiger partial charge in [0.1, 0.15) is 0 Å². The van der Waals surface area contributed by atoms with Gasteiger partial charge in [-0.25, -0.2) is 4.98 Å². The predicted molar refractivity (Wildman–Crippen MR) is 60.2 cm³/mol. The van der Waals surface area contributed by atoms with Crippen LogP contribution in [0.15, 0.2) is 24.5 Å². The third-order valence-corrected chi connectivity index (χ3v) is 2.44. The summed E-state index contributed by atoms with van der Waals surface area (Å²) in [6.07, 6.45) is 3.92. The summed E-state index contributed by atoms with van der Waals surface area (Å²) < 4.78 is 7.26.